The lowest BCUT2D eigenvalue weighted by Gasteiger charge is -2.07. The number of benzene rings is 1. The van der Waals surface area contributed by atoms with E-state index in [1.165, 1.54) is 6.07 Å². The van der Waals surface area contributed by atoms with Gasteiger partial charge in [-0.2, -0.15) is 0 Å². The van der Waals surface area contributed by atoms with E-state index in [0.29, 0.717) is 26.8 Å². The van der Waals surface area contributed by atoms with Crippen molar-refractivity contribution in [2.24, 2.45) is 0 Å². The van der Waals surface area contributed by atoms with Crippen LogP contribution in [0.5, 0.6) is 0 Å². The van der Waals surface area contributed by atoms with E-state index < -0.39 is 5.97 Å². The number of aryl methyl sites for hydroxylation is 1. The van der Waals surface area contributed by atoms with Crippen LogP contribution in [0.3, 0.4) is 0 Å². The molecule has 0 spiro atoms. The predicted octanol–water partition coefficient (Wildman–Crippen LogP) is 4.26. The molecule has 0 amide bonds. The van der Waals surface area contributed by atoms with Crippen molar-refractivity contribution in [3.63, 3.8) is 0 Å². The molecule has 1 N–H and O–H groups in total. The van der Waals surface area contributed by atoms with Crippen LogP contribution in [0, 0.1) is 6.92 Å². The lowest BCUT2D eigenvalue weighted by Crippen LogP contribution is -2.00. The molecule has 3 rings (SSSR count). The fourth-order valence-corrected chi connectivity index (χ4v) is 2.68. The molecule has 2 heterocycles. The van der Waals surface area contributed by atoms with Gasteiger partial charge in [-0.25, -0.2) is 9.78 Å². The molecule has 2 aromatic heterocycles. The molecular weight excluding hydrogens is 322 g/mol. The highest BCUT2D eigenvalue weighted by Crippen LogP contribution is 2.30. The Bertz CT molecular complexity index is 823. The number of furan rings is 1. The number of carbonyl (C=O) groups is 1. The van der Waals surface area contributed by atoms with E-state index >= 15 is 0 Å². The molecule has 0 saturated heterocycles. The molecule has 0 saturated carbocycles. The van der Waals surface area contributed by atoms with Gasteiger partial charge in [-0.1, -0.05) is 22.0 Å². The van der Waals surface area contributed by atoms with Crippen LogP contribution in [0.4, 0.5) is 0 Å². The van der Waals surface area contributed by atoms with Crippen LogP contribution in [0.15, 0.2) is 45.3 Å². The summed E-state index contributed by atoms with van der Waals surface area (Å²) >= 11 is 3.37. The second-order valence-corrected chi connectivity index (χ2v) is 5.26. The zero-order valence-electron chi connectivity index (χ0n) is 10.6. The zero-order valence-corrected chi connectivity index (χ0v) is 12.1. The Kier molecular flexibility index (Phi) is 3.06. The average Bonchev–Trinajstić information content (AvgIpc) is 2.84. The fraction of sp³-hybridized carbons (Fsp3) is 0.0667. The Balaban J connectivity index is 2.34. The number of pyridine rings is 1. The third-order valence-electron chi connectivity index (χ3n) is 3.01. The molecule has 0 aliphatic carbocycles. The molecule has 5 heteroatoms. The van der Waals surface area contributed by atoms with Crippen molar-refractivity contribution in [2.75, 3.05) is 0 Å². The third kappa shape index (κ3) is 2.10. The Morgan fingerprint density at radius 3 is 2.75 bits per heavy atom. The molecule has 0 radical (unpaired) electrons. The van der Waals surface area contributed by atoms with Crippen molar-refractivity contribution >= 4 is 32.8 Å². The van der Waals surface area contributed by atoms with Crippen LogP contribution in [0.2, 0.25) is 0 Å². The molecule has 0 unspecified atom stereocenters. The highest BCUT2D eigenvalue weighted by Gasteiger charge is 2.16. The third-order valence-corrected chi connectivity index (χ3v) is 3.67. The summed E-state index contributed by atoms with van der Waals surface area (Å²) in [5.74, 6) is 0.328. The average molecular weight is 332 g/mol. The van der Waals surface area contributed by atoms with E-state index in [4.69, 9.17) is 4.42 Å². The summed E-state index contributed by atoms with van der Waals surface area (Å²) in [6, 6.07) is 10.5. The largest absolute Gasteiger partial charge is 0.478 e. The van der Waals surface area contributed by atoms with E-state index in [9.17, 15) is 9.90 Å². The number of aromatic carboxylic acids is 1. The summed E-state index contributed by atoms with van der Waals surface area (Å²) in [5, 5.41) is 9.99. The normalized spacial score (nSPS) is 10.9. The number of fused-ring (bicyclic) bond motifs is 1. The predicted molar refractivity (Wildman–Crippen MR) is 78.8 cm³/mol. The molecule has 0 atom stereocenters. The monoisotopic (exact) mass is 331 g/mol. The molecule has 3 aromatic rings. The second kappa shape index (κ2) is 4.76. The summed E-state index contributed by atoms with van der Waals surface area (Å²) in [6.45, 7) is 1.83. The Labute approximate surface area is 123 Å². The topological polar surface area (TPSA) is 63.3 Å². The van der Waals surface area contributed by atoms with Gasteiger partial charge >= 0.3 is 5.97 Å². The van der Waals surface area contributed by atoms with Gasteiger partial charge in [0.2, 0.25) is 0 Å². The van der Waals surface area contributed by atoms with Crippen LogP contribution in [-0.2, 0) is 0 Å². The van der Waals surface area contributed by atoms with Gasteiger partial charge < -0.3 is 9.52 Å². The number of carboxylic acids is 1. The number of aromatic nitrogens is 1. The fourth-order valence-electron chi connectivity index (χ4n) is 2.11. The molecule has 4 nitrogen and oxygen atoms in total. The summed E-state index contributed by atoms with van der Waals surface area (Å²) in [6.07, 6.45) is 0. The van der Waals surface area contributed by atoms with Crippen molar-refractivity contribution in [3.05, 3.63) is 52.2 Å². The van der Waals surface area contributed by atoms with Gasteiger partial charge in [-0.05, 0) is 37.3 Å². The summed E-state index contributed by atoms with van der Waals surface area (Å²) in [5.41, 5.74) is 1.33. The van der Waals surface area contributed by atoms with E-state index in [0.717, 1.165) is 5.76 Å². The van der Waals surface area contributed by atoms with Crippen molar-refractivity contribution in [2.45, 2.75) is 6.92 Å². The number of nitrogens with zero attached hydrogens (tertiary/aromatic N) is 1. The number of carboxylic acid groups (broad SMARTS) is 1. The minimum absolute atomic E-state index is 0.200. The zero-order chi connectivity index (χ0) is 14.3. The van der Waals surface area contributed by atoms with Crippen LogP contribution in [0.25, 0.3) is 22.4 Å². The standard InChI is InChI=1S/C15H10BrNO3/c1-8-5-6-13(20-8)12-7-9(15(18)19)14-10(16)3-2-4-11(14)17-12/h2-7H,1H3,(H,18,19). The van der Waals surface area contributed by atoms with Gasteiger partial charge in [0.05, 0.1) is 11.1 Å². The Morgan fingerprint density at radius 2 is 2.10 bits per heavy atom. The van der Waals surface area contributed by atoms with Gasteiger partial charge in [0.25, 0.3) is 0 Å². The molecule has 100 valence electrons. The van der Waals surface area contributed by atoms with Gasteiger partial charge in [0.1, 0.15) is 11.5 Å². The van der Waals surface area contributed by atoms with Crippen molar-refractivity contribution in [1.82, 2.24) is 4.98 Å². The molecule has 0 aliphatic rings. The van der Waals surface area contributed by atoms with E-state index in [1.54, 1.807) is 18.2 Å². The number of halogens is 1. The van der Waals surface area contributed by atoms with Crippen LogP contribution >= 0.6 is 15.9 Å². The molecular formula is C15H10BrNO3. The lowest BCUT2D eigenvalue weighted by molar-refractivity contribution is 0.0699. The maximum Gasteiger partial charge on any atom is 0.336 e. The SMILES string of the molecule is Cc1ccc(-c2cc(C(=O)O)c3c(Br)cccc3n2)o1. The summed E-state index contributed by atoms with van der Waals surface area (Å²) < 4.78 is 6.23. The van der Waals surface area contributed by atoms with Gasteiger partial charge in [-0.15, -0.1) is 0 Å². The van der Waals surface area contributed by atoms with Crippen LogP contribution < -0.4 is 0 Å². The maximum absolute atomic E-state index is 11.5. The number of rotatable bonds is 2. The molecule has 0 aliphatic heterocycles. The first-order valence-electron chi connectivity index (χ1n) is 5.95. The van der Waals surface area contributed by atoms with E-state index in [2.05, 4.69) is 20.9 Å². The first-order valence-corrected chi connectivity index (χ1v) is 6.75. The highest BCUT2D eigenvalue weighted by molar-refractivity contribution is 9.10. The Hall–Kier alpha value is -2.14. The smallest absolute Gasteiger partial charge is 0.336 e. The quantitative estimate of drug-likeness (QED) is 0.761. The van der Waals surface area contributed by atoms with E-state index in [-0.39, 0.29) is 5.56 Å². The molecule has 0 fully saturated rings. The van der Waals surface area contributed by atoms with Crippen molar-refractivity contribution in [3.8, 4) is 11.5 Å². The maximum atomic E-state index is 11.5. The van der Waals surface area contributed by atoms with Crippen LogP contribution in [0.1, 0.15) is 16.1 Å². The summed E-state index contributed by atoms with van der Waals surface area (Å²) in [4.78, 5) is 16.0. The lowest BCUT2D eigenvalue weighted by atomic mass is 10.1. The first kappa shape index (κ1) is 12.9. The number of hydrogen-bond acceptors (Lipinski definition) is 3. The van der Waals surface area contributed by atoms with Gasteiger partial charge in [-0.3, -0.25) is 0 Å². The molecule has 0 bridgehead atoms. The minimum Gasteiger partial charge on any atom is -0.478 e. The van der Waals surface area contributed by atoms with Crippen molar-refractivity contribution < 1.29 is 14.3 Å². The van der Waals surface area contributed by atoms with E-state index in [1.807, 2.05) is 19.1 Å². The van der Waals surface area contributed by atoms with Gasteiger partial charge in [0.15, 0.2) is 5.76 Å². The molecule has 1 aromatic carbocycles. The van der Waals surface area contributed by atoms with Gasteiger partial charge in [0, 0.05) is 9.86 Å². The first-order chi connectivity index (χ1) is 9.56. The minimum atomic E-state index is -0.992. The van der Waals surface area contributed by atoms with Crippen LogP contribution in [-0.4, -0.2) is 16.1 Å². The number of hydrogen-bond donors (Lipinski definition) is 1. The van der Waals surface area contributed by atoms with Crippen molar-refractivity contribution in [1.29, 1.82) is 0 Å². The highest BCUT2D eigenvalue weighted by atomic mass is 79.9. The molecule has 20 heavy (non-hydrogen) atoms. The Morgan fingerprint density at radius 1 is 1.30 bits per heavy atom. The second-order valence-electron chi connectivity index (χ2n) is 4.40. The summed E-state index contributed by atoms with van der Waals surface area (Å²) in [7, 11) is 0.